The molecular weight excluding hydrogens is 482 g/mol. The fourth-order valence-corrected chi connectivity index (χ4v) is 4.52. The minimum absolute atomic E-state index is 0.120. The highest BCUT2D eigenvalue weighted by molar-refractivity contribution is 7.92. The molecule has 0 fully saturated rings. The highest BCUT2D eigenvalue weighted by Crippen LogP contribution is 2.24. The van der Waals surface area contributed by atoms with E-state index in [9.17, 15) is 18.0 Å². The lowest BCUT2D eigenvalue weighted by Crippen LogP contribution is -2.55. The first-order valence-corrected chi connectivity index (χ1v) is 13.5. The first-order valence-electron chi connectivity index (χ1n) is 11.6. The number of ether oxygens (including phenoxy) is 2. The molecule has 0 aromatic heterocycles. The minimum Gasteiger partial charge on any atom is -0.497 e. The molecule has 0 aliphatic heterocycles. The Balaban J connectivity index is 2.46. The Morgan fingerprint density at radius 2 is 1.61 bits per heavy atom. The van der Waals surface area contributed by atoms with Gasteiger partial charge in [-0.1, -0.05) is 25.1 Å². The Kier molecular flexibility index (Phi) is 9.75. The summed E-state index contributed by atoms with van der Waals surface area (Å²) in [6.45, 7) is 7.05. The molecule has 10 heteroatoms. The van der Waals surface area contributed by atoms with Gasteiger partial charge in [-0.25, -0.2) is 8.42 Å². The molecule has 0 unspecified atom stereocenters. The monoisotopic (exact) mass is 519 g/mol. The molecule has 0 heterocycles. The number of hydrogen-bond acceptors (Lipinski definition) is 6. The van der Waals surface area contributed by atoms with Crippen LogP contribution in [0.2, 0.25) is 0 Å². The number of rotatable bonds is 11. The lowest BCUT2D eigenvalue weighted by Gasteiger charge is -2.34. The summed E-state index contributed by atoms with van der Waals surface area (Å²) in [6, 6.07) is 12.8. The second-order valence-corrected chi connectivity index (χ2v) is 11.4. The fraction of sp³-hybridized carbons (Fsp3) is 0.462. The Hall–Kier alpha value is -3.27. The average molecular weight is 520 g/mol. The predicted octanol–water partition coefficient (Wildman–Crippen LogP) is 3.19. The average Bonchev–Trinajstić information content (AvgIpc) is 2.80. The number of nitrogens with one attached hydrogen (secondary N) is 1. The maximum absolute atomic E-state index is 13.7. The number of methoxy groups -OCH3 is 2. The Morgan fingerprint density at radius 1 is 1.00 bits per heavy atom. The van der Waals surface area contributed by atoms with Crippen molar-refractivity contribution in [2.45, 2.75) is 52.2 Å². The summed E-state index contributed by atoms with van der Waals surface area (Å²) in [4.78, 5) is 28.3. The van der Waals surface area contributed by atoms with Gasteiger partial charge in [-0.15, -0.1) is 0 Å². The summed E-state index contributed by atoms with van der Waals surface area (Å²) in [6.07, 6.45) is 1.39. The van der Waals surface area contributed by atoms with Crippen LogP contribution >= 0.6 is 0 Å². The number of carbonyl (C=O) groups is 2. The molecule has 2 aromatic carbocycles. The fourth-order valence-electron chi connectivity index (χ4n) is 3.68. The summed E-state index contributed by atoms with van der Waals surface area (Å²) >= 11 is 0. The highest BCUT2D eigenvalue weighted by Gasteiger charge is 2.33. The van der Waals surface area contributed by atoms with E-state index in [1.165, 1.54) is 12.0 Å². The van der Waals surface area contributed by atoms with Crippen LogP contribution in [0.5, 0.6) is 11.5 Å². The summed E-state index contributed by atoms with van der Waals surface area (Å²) in [5.41, 5.74) is 0.568. The number of hydrogen-bond donors (Lipinski definition) is 1. The second kappa shape index (κ2) is 12.1. The molecule has 2 rings (SSSR count). The van der Waals surface area contributed by atoms with E-state index in [1.54, 1.807) is 43.5 Å². The van der Waals surface area contributed by atoms with Crippen molar-refractivity contribution in [3.8, 4) is 11.5 Å². The van der Waals surface area contributed by atoms with Gasteiger partial charge in [0.15, 0.2) is 0 Å². The van der Waals surface area contributed by atoms with Gasteiger partial charge in [-0.05, 0) is 57.0 Å². The van der Waals surface area contributed by atoms with E-state index in [1.807, 2.05) is 39.8 Å². The molecule has 1 atom stereocenters. The van der Waals surface area contributed by atoms with Gasteiger partial charge in [0, 0.05) is 18.2 Å². The van der Waals surface area contributed by atoms with Crippen molar-refractivity contribution in [1.82, 2.24) is 10.2 Å². The van der Waals surface area contributed by atoms with Crippen LogP contribution in [0.4, 0.5) is 5.69 Å². The van der Waals surface area contributed by atoms with E-state index in [0.717, 1.165) is 16.1 Å². The van der Waals surface area contributed by atoms with E-state index < -0.39 is 34.1 Å². The van der Waals surface area contributed by atoms with Crippen LogP contribution in [0.15, 0.2) is 48.5 Å². The predicted molar refractivity (Wildman–Crippen MR) is 141 cm³/mol. The minimum atomic E-state index is -3.82. The zero-order chi connectivity index (χ0) is 27.1. The van der Waals surface area contributed by atoms with Crippen molar-refractivity contribution >= 4 is 27.5 Å². The number of carbonyl (C=O) groups excluding carboxylic acids is 2. The first kappa shape index (κ1) is 29.0. The molecule has 0 radical (unpaired) electrons. The number of nitrogens with zero attached hydrogens (tertiary/aromatic N) is 2. The lowest BCUT2D eigenvalue weighted by molar-refractivity contribution is -0.141. The van der Waals surface area contributed by atoms with Crippen LogP contribution < -0.4 is 19.1 Å². The summed E-state index contributed by atoms with van der Waals surface area (Å²) in [7, 11) is -0.782. The van der Waals surface area contributed by atoms with Gasteiger partial charge in [-0.3, -0.25) is 13.9 Å². The molecule has 0 spiro atoms. The largest absolute Gasteiger partial charge is 0.497 e. The maximum Gasteiger partial charge on any atom is 0.244 e. The molecule has 2 aromatic rings. The molecule has 0 saturated heterocycles. The normalized spacial score (nSPS) is 12.4. The molecule has 9 nitrogen and oxygen atoms in total. The van der Waals surface area contributed by atoms with E-state index in [4.69, 9.17) is 9.47 Å². The van der Waals surface area contributed by atoms with Gasteiger partial charge in [0.2, 0.25) is 21.8 Å². The number of amides is 2. The molecule has 0 aliphatic rings. The first-order chi connectivity index (χ1) is 16.8. The molecule has 0 saturated carbocycles. The van der Waals surface area contributed by atoms with E-state index >= 15 is 0 Å². The Labute approximate surface area is 214 Å². The van der Waals surface area contributed by atoms with Crippen LogP contribution in [0.3, 0.4) is 0 Å². The van der Waals surface area contributed by atoms with Gasteiger partial charge in [0.05, 0.1) is 26.2 Å². The molecule has 1 N–H and O–H groups in total. The summed E-state index contributed by atoms with van der Waals surface area (Å²) in [5.74, 6) is 0.309. The third-order valence-electron chi connectivity index (χ3n) is 5.42. The topological polar surface area (TPSA) is 105 Å². The number of benzene rings is 2. The molecular formula is C26H37N3O6S. The van der Waals surface area contributed by atoms with Gasteiger partial charge >= 0.3 is 0 Å². The second-order valence-electron chi connectivity index (χ2n) is 9.50. The van der Waals surface area contributed by atoms with Crippen LogP contribution in [0, 0.1) is 0 Å². The van der Waals surface area contributed by atoms with Crippen molar-refractivity contribution in [3.63, 3.8) is 0 Å². The third kappa shape index (κ3) is 8.15. The van der Waals surface area contributed by atoms with Crippen molar-refractivity contribution in [3.05, 3.63) is 54.1 Å². The molecule has 198 valence electrons. The Bertz CT molecular complexity index is 1140. The molecule has 0 aliphatic carbocycles. The van der Waals surface area contributed by atoms with Crippen molar-refractivity contribution in [2.24, 2.45) is 0 Å². The summed E-state index contributed by atoms with van der Waals surface area (Å²) < 4.78 is 36.9. The number of sulfonamides is 1. The third-order valence-corrected chi connectivity index (χ3v) is 6.56. The quantitative estimate of drug-likeness (QED) is 0.489. The van der Waals surface area contributed by atoms with Crippen molar-refractivity contribution in [1.29, 1.82) is 0 Å². The standard InChI is InChI=1S/C26H37N3O6S/c1-8-23(25(31)27-26(2,3)4)28(17-19-12-14-21(34-5)15-13-19)24(30)18-29(36(7,32)33)20-10-9-11-22(16-20)35-6/h9-16,23H,8,17-18H2,1-7H3,(H,27,31)/t23-/m1/s1. The van der Waals surface area contributed by atoms with E-state index in [0.29, 0.717) is 23.6 Å². The van der Waals surface area contributed by atoms with E-state index in [2.05, 4.69) is 5.32 Å². The SMILES string of the molecule is CC[C@H](C(=O)NC(C)(C)C)N(Cc1ccc(OC)cc1)C(=O)CN(c1cccc(OC)c1)S(C)(=O)=O. The van der Waals surface area contributed by atoms with Crippen LogP contribution in [-0.2, 0) is 26.2 Å². The molecule has 2 amide bonds. The van der Waals surface area contributed by atoms with Crippen LogP contribution in [0.1, 0.15) is 39.7 Å². The maximum atomic E-state index is 13.7. The molecule has 0 bridgehead atoms. The van der Waals surface area contributed by atoms with Crippen LogP contribution in [0.25, 0.3) is 0 Å². The highest BCUT2D eigenvalue weighted by atomic mass is 32.2. The smallest absolute Gasteiger partial charge is 0.244 e. The lowest BCUT2D eigenvalue weighted by atomic mass is 10.1. The van der Waals surface area contributed by atoms with E-state index in [-0.39, 0.29) is 12.5 Å². The van der Waals surface area contributed by atoms with Gasteiger partial charge in [-0.2, -0.15) is 0 Å². The van der Waals surface area contributed by atoms with Gasteiger partial charge in [0.1, 0.15) is 24.1 Å². The van der Waals surface area contributed by atoms with Gasteiger partial charge in [0.25, 0.3) is 0 Å². The molecule has 36 heavy (non-hydrogen) atoms. The summed E-state index contributed by atoms with van der Waals surface area (Å²) in [5, 5.41) is 2.94. The zero-order valence-electron chi connectivity index (χ0n) is 22.1. The van der Waals surface area contributed by atoms with Crippen molar-refractivity contribution in [2.75, 3.05) is 31.3 Å². The zero-order valence-corrected chi connectivity index (χ0v) is 22.9. The van der Waals surface area contributed by atoms with Crippen LogP contribution in [-0.4, -0.2) is 63.7 Å². The van der Waals surface area contributed by atoms with Crippen molar-refractivity contribution < 1.29 is 27.5 Å². The Morgan fingerprint density at radius 3 is 2.11 bits per heavy atom. The number of anilines is 1. The van der Waals surface area contributed by atoms with Gasteiger partial charge < -0.3 is 19.7 Å².